The van der Waals surface area contributed by atoms with Crippen molar-refractivity contribution in [3.63, 3.8) is 0 Å². The van der Waals surface area contributed by atoms with Crippen molar-refractivity contribution in [2.75, 3.05) is 0 Å². The van der Waals surface area contributed by atoms with Gasteiger partial charge in [0.2, 0.25) is 0 Å². The van der Waals surface area contributed by atoms with Crippen molar-refractivity contribution in [2.24, 2.45) is 0 Å². The lowest BCUT2D eigenvalue weighted by molar-refractivity contribution is 0.00578. The van der Waals surface area contributed by atoms with Crippen LogP contribution in [0.1, 0.15) is 55.4 Å². The van der Waals surface area contributed by atoms with Gasteiger partial charge in [0.05, 0.1) is 33.1 Å². The number of rotatable bonds is 3. The zero-order chi connectivity index (χ0) is 25.6. The van der Waals surface area contributed by atoms with Crippen molar-refractivity contribution in [1.29, 1.82) is 0 Å². The van der Waals surface area contributed by atoms with Crippen LogP contribution in [0.4, 0.5) is 0 Å². The fourth-order valence-electron chi connectivity index (χ4n) is 4.18. The summed E-state index contributed by atoms with van der Waals surface area (Å²) in [5, 5.41) is 6.37. The molecule has 3 heterocycles. The molecule has 2 aliphatic heterocycles. The molecule has 0 aliphatic carbocycles. The van der Waals surface area contributed by atoms with Crippen LogP contribution in [-0.2, 0) is 18.6 Å². The maximum absolute atomic E-state index is 6.81. The second-order valence-corrected chi connectivity index (χ2v) is 12.1. The standard InChI is InChI=1S/C25H30B2Cl2N2O4/c1-22(2)23(3,4)33-26(32-22)15-9-11-17(12-10-15)31-21(29)18-13-16(14-19(28)20(18)30-31)27-34-24(5,6)25(7,8)35-27/h9-14H,1-8H3. The number of benzene rings is 2. The van der Waals surface area contributed by atoms with E-state index in [1.165, 1.54) is 0 Å². The molecule has 0 N–H and O–H groups in total. The quantitative estimate of drug-likeness (QED) is 0.464. The van der Waals surface area contributed by atoms with Crippen LogP contribution in [0.2, 0.25) is 10.2 Å². The number of nitrogens with zero attached hydrogens (tertiary/aromatic N) is 2. The van der Waals surface area contributed by atoms with Crippen LogP contribution in [0.3, 0.4) is 0 Å². The van der Waals surface area contributed by atoms with Gasteiger partial charge >= 0.3 is 14.2 Å². The van der Waals surface area contributed by atoms with Crippen LogP contribution in [-0.4, -0.2) is 46.4 Å². The first-order chi connectivity index (χ1) is 16.1. The van der Waals surface area contributed by atoms with E-state index in [0.717, 1.165) is 22.0 Å². The van der Waals surface area contributed by atoms with E-state index in [4.69, 9.17) is 41.8 Å². The molecule has 3 aromatic rings. The molecule has 0 saturated carbocycles. The summed E-state index contributed by atoms with van der Waals surface area (Å²) in [4.78, 5) is 0. The Morgan fingerprint density at radius 3 is 1.63 bits per heavy atom. The largest absolute Gasteiger partial charge is 0.494 e. The lowest BCUT2D eigenvalue weighted by Gasteiger charge is -2.32. The van der Waals surface area contributed by atoms with E-state index in [1.807, 2.05) is 91.8 Å². The molecular formula is C25H30B2Cl2N2O4. The van der Waals surface area contributed by atoms with Gasteiger partial charge in [-0.2, -0.15) is 5.10 Å². The number of fused-ring (bicyclic) bond motifs is 1. The topological polar surface area (TPSA) is 54.7 Å². The summed E-state index contributed by atoms with van der Waals surface area (Å²) in [5.41, 5.74) is 1.46. The molecule has 1 aromatic heterocycles. The first-order valence-electron chi connectivity index (χ1n) is 11.8. The molecule has 6 nitrogen and oxygen atoms in total. The van der Waals surface area contributed by atoms with E-state index >= 15 is 0 Å². The molecule has 184 valence electrons. The Hall–Kier alpha value is -1.54. The first kappa shape index (κ1) is 25.1. The summed E-state index contributed by atoms with van der Waals surface area (Å²) in [6.45, 7) is 16.2. The molecule has 5 rings (SSSR count). The molecule has 0 amide bonds. The average molecular weight is 515 g/mol. The SMILES string of the molecule is CC1(C)OB(c2ccc(-n3nc4c(Cl)cc(B5OC(C)(C)C(C)(C)O5)cc4c3Cl)cc2)OC1(C)C. The van der Waals surface area contributed by atoms with Gasteiger partial charge in [0.15, 0.2) is 0 Å². The van der Waals surface area contributed by atoms with Gasteiger partial charge in [-0.3, -0.25) is 0 Å². The summed E-state index contributed by atoms with van der Waals surface area (Å²) in [6.07, 6.45) is 0. The van der Waals surface area contributed by atoms with Crippen LogP contribution < -0.4 is 10.9 Å². The van der Waals surface area contributed by atoms with Gasteiger partial charge in [0, 0.05) is 5.39 Å². The predicted octanol–water partition coefficient (Wildman–Crippen LogP) is 4.93. The van der Waals surface area contributed by atoms with E-state index in [-0.39, 0.29) is 0 Å². The highest BCUT2D eigenvalue weighted by atomic mass is 35.5. The summed E-state index contributed by atoms with van der Waals surface area (Å²) < 4.78 is 26.4. The second kappa shape index (κ2) is 7.98. The van der Waals surface area contributed by atoms with E-state index in [2.05, 4.69) is 5.10 Å². The first-order valence-corrected chi connectivity index (χ1v) is 12.6. The van der Waals surface area contributed by atoms with Crippen molar-refractivity contribution < 1.29 is 18.6 Å². The smallest absolute Gasteiger partial charge is 0.399 e. The van der Waals surface area contributed by atoms with Crippen molar-refractivity contribution in [1.82, 2.24) is 9.78 Å². The third-order valence-electron chi connectivity index (χ3n) is 7.88. The van der Waals surface area contributed by atoms with Crippen LogP contribution in [0.5, 0.6) is 0 Å². The van der Waals surface area contributed by atoms with E-state index < -0.39 is 36.6 Å². The molecule has 0 unspecified atom stereocenters. The fraction of sp³-hybridized carbons (Fsp3) is 0.480. The highest BCUT2D eigenvalue weighted by Crippen LogP contribution is 2.38. The summed E-state index contributed by atoms with van der Waals surface area (Å²) in [7, 11) is -0.973. The summed E-state index contributed by atoms with van der Waals surface area (Å²) in [6, 6.07) is 11.6. The highest BCUT2D eigenvalue weighted by molar-refractivity contribution is 6.63. The average Bonchev–Trinajstić information content (AvgIpc) is 3.28. The molecular weight excluding hydrogens is 485 g/mol. The minimum atomic E-state index is -0.541. The number of aromatic nitrogens is 2. The normalized spacial score (nSPS) is 22.3. The van der Waals surface area contributed by atoms with Crippen molar-refractivity contribution in [3.05, 3.63) is 46.6 Å². The van der Waals surface area contributed by atoms with Crippen molar-refractivity contribution in [3.8, 4) is 5.69 Å². The predicted molar refractivity (Wildman–Crippen MR) is 143 cm³/mol. The van der Waals surface area contributed by atoms with Crippen LogP contribution in [0, 0.1) is 0 Å². The van der Waals surface area contributed by atoms with Gasteiger partial charge in [-0.25, -0.2) is 4.68 Å². The number of halogens is 2. The van der Waals surface area contributed by atoms with E-state index in [0.29, 0.717) is 15.7 Å². The minimum Gasteiger partial charge on any atom is -0.399 e. The van der Waals surface area contributed by atoms with Gasteiger partial charge < -0.3 is 18.6 Å². The maximum Gasteiger partial charge on any atom is 0.494 e. The third-order valence-corrected chi connectivity index (χ3v) is 8.53. The van der Waals surface area contributed by atoms with Crippen LogP contribution in [0.25, 0.3) is 16.6 Å². The Labute approximate surface area is 217 Å². The maximum atomic E-state index is 6.81. The van der Waals surface area contributed by atoms with Gasteiger partial charge in [-0.1, -0.05) is 35.3 Å². The monoisotopic (exact) mass is 514 g/mol. The van der Waals surface area contributed by atoms with E-state index in [1.54, 1.807) is 4.68 Å². The molecule has 2 aromatic carbocycles. The van der Waals surface area contributed by atoms with E-state index in [9.17, 15) is 0 Å². The molecule has 0 bridgehead atoms. The van der Waals surface area contributed by atoms with Crippen molar-refractivity contribution in [2.45, 2.75) is 77.8 Å². The lowest BCUT2D eigenvalue weighted by Crippen LogP contribution is -2.41. The van der Waals surface area contributed by atoms with Gasteiger partial charge in [0.25, 0.3) is 0 Å². The summed E-state index contributed by atoms with van der Waals surface area (Å²) >= 11 is 13.4. The Morgan fingerprint density at radius 2 is 1.14 bits per heavy atom. The molecule has 2 aliphatic rings. The zero-order valence-electron chi connectivity index (χ0n) is 21.4. The molecule has 2 saturated heterocycles. The third kappa shape index (κ3) is 4.03. The molecule has 10 heteroatoms. The Bertz CT molecular complexity index is 1270. The van der Waals surface area contributed by atoms with Gasteiger partial charge in [0.1, 0.15) is 10.7 Å². The Kier molecular flexibility index (Phi) is 5.73. The van der Waals surface area contributed by atoms with Gasteiger partial charge in [-0.05, 0) is 90.6 Å². The van der Waals surface area contributed by atoms with Crippen LogP contribution >= 0.6 is 23.2 Å². The number of hydrogen-bond acceptors (Lipinski definition) is 5. The van der Waals surface area contributed by atoms with Gasteiger partial charge in [-0.15, -0.1) is 0 Å². The molecule has 2 fully saturated rings. The minimum absolute atomic E-state index is 0.398. The summed E-state index contributed by atoms with van der Waals surface area (Å²) in [5.74, 6) is 0. The van der Waals surface area contributed by atoms with Crippen LogP contribution in [0.15, 0.2) is 36.4 Å². The molecule has 0 radical (unpaired) electrons. The molecule has 0 atom stereocenters. The number of hydrogen-bond donors (Lipinski definition) is 0. The highest BCUT2D eigenvalue weighted by Gasteiger charge is 2.52. The Balaban J connectivity index is 1.46. The van der Waals surface area contributed by atoms with Crippen molar-refractivity contribution >= 4 is 59.3 Å². The Morgan fingerprint density at radius 1 is 0.686 bits per heavy atom. The lowest BCUT2D eigenvalue weighted by atomic mass is 9.78. The fourth-order valence-corrected chi connectivity index (χ4v) is 4.72. The molecule has 0 spiro atoms. The second-order valence-electron chi connectivity index (χ2n) is 11.4. The molecule has 35 heavy (non-hydrogen) atoms. The zero-order valence-corrected chi connectivity index (χ0v) is 22.9.